The summed E-state index contributed by atoms with van der Waals surface area (Å²) < 4.78 is 19.1. The lowest BCUT2D eigenvalue weighted by atomic mass is 10.2. The van der Waals surface area contributed by atoms with Crippen molar-refractivity contribution in [3.63, 3.8) is 0 Å². The standard InChI is InChI=1S/C16H18FN3O3/c1-2-18-15(22)10-19-14(21)7-8-16-20-9-13(23-16)11-5-3-4-6-12(11)17/h3-6,9H,2,7-8,10H2,1H3,(H,18,22)(H,19,21). The Morgan fingerprint density at radius 3 is 2.74 bits per heavy atom. The molecule has 0 bridgehead atoms. The van der Waals surface area contributed by atoms with Gasteiger partial charge in [0.2, 0.25) is 11.8 Å². The quantitative estimate of drug-likeness (QED) is 0.813. The van der Waals surface area contributed by atoms with Gasteiger partial charge in [0, 0.05) is 19.4 Å². The Bertz CT molecular complexity index is 685. The van der Waals surface area contributed by atoms with E-state index in [1.807, 2.05) is 0 Å². The molecule has 6 nitrogen and oxygen atoms in total. The van der Waals surface area contributed by atoms with Crippen LogP contribution in [0.25, 0.3) is 11.3 Å². The molecule has 1 aromatic heterocycles. The van der Waals surface area contributed by atoms with Crippen molar-refractivity contribution in [2.24, 2.45) is 0 Å². The molecule has 0 fully saturated rings. The van der Waals surface area contributed by atoms with Crippen molar-refractivity contribution in [3.8, 4) is 11.3 Å². The van der Waals surface area contributed by atoms with Gasteiger partial charge in [-0.05, 0) is 19.1 Å². The number of aromatic nitrogens is 1. The van der Waals surface area contributed by atoms with Crippen molar-refractivity contribution >= 4 is 11.8 Å². The highest BCUT2D eigenvalue weighted by molar-refractivity contribution is 5.84. The van der Waals surface area contributed by atoms with Crippen LogP contribution in [0.2, 0.25) is 0 Å². The zero-order valence-electron chi connectivity index (χ0n) is 12.8. The average molecular weight is 319 g/mol. The Morgan fingerprint density at radius 2 is 2.00 bits per heavy atom. The number of carbonyl (C=O) groups excluding carboxylic acids is 2. The molecule has 2 amide bonds. The Labute approximate surface area is 133 Å². The van der Waals surface area contributed by atoms with Gasteiger partial charge >= 0.3 is 0 Å². The molecular weight excluding hydrogens is 301 g/mol. The normalized spacial score (nSPS) is 10.3. The predicted octanol–water partition coefficient (Wildman–Crippen LogP) is 1.67. The molecule has 0 aliphatic rings. The first kappa shape index (κ1) is 16.7. The molecule has 0 saturated carbocycles. The van der Waals surface area contributed by atoms with Gasteiger partial charge in [-0.15, -0.1) is 0 Å². The summed E-state index contributed by atoms with van der Waals surface area (Å²) in [5.41, 5.74) is 0.326. The van der Waals surface area contributed by atoms with E-state index in [0.717, 1.165) is 0 Å². The summed E-state index contributed by atoms with van der Waals surface area (Å²) in [4.78, 5) is 26.9. The minimum Gasteiger partial charge on any atom is -0.441 e. The largest absolute Gasteiger partial charge is 0.441 e. The molecule has 1 heterocycles. The molecule has 2 N–H and O–H groups in total. The van der Waals surface area contributed by atoms with Crippen LogP contribution in [0.15, 0.2) is 34.9 Å². The van der Waals surface area contributed by atoms with Crippen molar-refractivity contribution in [3.05, 3.63) is 42.2 Å². The first-order valence-corrected chi connectivity index (χ1v) is 7.33. The van der Waals surface area contributed by atoms with E-state index in [1.165, 1.54) is 12.3 Å². The molecule has 0 spiro atoms. The first-order chi connectivity index (χ1) is 11.1. The second-order valence-corrected chi connectivity index (χ2v) is 4.83. The molecule has 0 aliphatic carbocycles. The number of amides is 2. The third kappa shape index (κ3) is 4.91. The van der Waals surface area contributed by atoms with E-state index in [2.05, 4.69) is 15.6 Å². The van der Waals surface area contributed by atoms with Gasteiger partial charge in [0.25, 0.3) is 0 Å². The van der Waals surface area contributed by atoms with E-state index in [9.17, 15) is 14.0 Å². The van der Waals surface area contributed by atoms with Crippen LogP contribution >= 0.6 is 0 Å². The molecule has 23 heavy (non-hydrogen) atoms. The Balaban J connectivity index is 1.84. The second-order valence-electron chi connectivity index (χ2n) is 4.83. The average Bonchev–Trinajstić information content (AvgIpc) is 3.00. The van der Waals surface area contributed by atoms with Crippen molar-refractivity contribution in [1.82, 2.24) is 15.6 Å². The third-order valence-corrected chi connectivity index (χ3v) is 3.08. The molecule has 7 heteroatoms. The molecule has 2 aromatic rings. The van der Waals surface area contributed by atoms with Crippen LogP contribution in [0.4, 0.5) is 4.39 Å². The van der Waals surface area contributed by atoms with Crippen LogP contribution in [0.5, 0.6) is 0 Å². The monoisotopic (exact) mass is 319 g/mol. The summed E-state index contributed by atoms with van der Waals surface area (Å²) in [7, 11) is 0. The van der Waals surface area contributed by atoms with Crippen molar-refractivity contribution in [2.75, 3.05) is 13.1 Å². The van der Waals surface area contributed by atoms with E-state index in [1.54, 1.807) is 25.1 Å². The van der Waals surface area contributed by atoms with Crippen LogP contribution in [0, 0.1) is 5.82 Å². The number of hydrogen-bond acceptors (Lipinski definition) is 4. The number of oxazole rings is 1. The molecule has 0 saturated heterocycles. The van der Waals surface area contributed by atoms with E-state index in [4.69, 9.17) is 4.42 Å². The lowest BCUT2D eigenvalue weighted by molar-refractivity contribution is -0.126. The lowest BCUT2D eigenvalue weighted by Crippen LogP contribution is -2.36. The van der Waals surface area contributed by atoms with E-state index >= 15 is 0 Å². The summed E-state index contributed by atoms with van der Waals surface area (Å²) in [5, 5.41) is 5.09. The minimum absolute atomic E-state index is 0.0568. The minimum atomic E-state index is -0.394. The summed E-state index contributed by atoms with van der Waals surface area (Å²) in [6, 6.07) is 6.23. The highest BCUT2D eigenvalue weighted by Gasteiger charge is 2.12. The fraction of sp³-hybridized carbons (Fsp3) is 0.312. The molecule has 0 atom stereocenters. The van der Waals surface area contributed by atoms with Crippen LogP contribution in [0.3, 0.4) is 0 Å². The molecular formula is C16H18FN3O3. The van der Waals surface area contributed by atoms with E-state index in [-0.39, 0.29) is 31.2 Å². The lowest BCUT2D eigenvalue weighted by Gasteiger charge is -2.04. The number of likely N-dealkylation sites (N-methyl/N-ethyl adjacent to an activating group) is 1. The molecule has 0 radical (unpaired) electrons. The fourth-order valence-electron chi connectivity index (χ4n) is 1.96. The maximum atomic E-state index is 13.6. The van der Waals surface area contributed by atoms with Gasteiger partial charge in [-0.25, -0.2) is 9.37 Å². The van der Waals surface area contributed by atoms with Crippen LogP contribution in [0.1, 0.15) is 19.2 Å². The van der Waals surface area contributed by atoms with Gasteiger partial charge in [0.15, 0.2) is 11.7 Å². The van der Waals surface area contributed by atoms with Gasteiger partial charge in [-0.2, -0.15) is 0 Å². The van der Waals surface area contributed by atoms with Gasteiger partial charge in [0.05, 0.1) is 18.3 Å². The number of benzene rings is 1. The number of halogens is 1. The zero-order valence-corrected chi connectivity index (χ0v) is 12.8. The molecule has 122 valence electrons. The van der Waals surface area contributed by atoms with E-state index in [0.29, 0.717) is 23.8 Å². The molecule has 2 rings (SSSR count). The molecule has 1 aromatic carbocycles. The van der Waals surface area contributed by atoms with E-state index < -0.39 is 5.82 Å². The smallest absolute Gasteiger partial charge is 0.239 e. The predicted molar refractivity (Wildman–Crippen MR) is 81.9 cm³/mol. The van der Waals surface area contributed by atoms with Crippen LogP contribution in [-0.4, -0.2) is 29.9 Å². The zero-order chi connectivity index (χ0) is 16.7. The summed E-state index contributed by atoms with van der Waals surface area (Å²) in [6.45, 7) is 2.26. The maximum Gasteiger partial charge on any atom is 0.239 e. The van der Waals surface area contributed by atoms with Crippen molar-refractivity contribution in [2.45, 2.75) is 19.8 Å². The number of nitrogens with zero attached hydrogens (tertiary/aromatic N) is 1. The number of hydrogen-bond donors (Lipinski definition) is 2. The Kier molecular flexibility index (Phi) is 5.85. The second kappa shape index (κ2) is 8.07. The highest BCUT2D eigenvalue weighted by atomic mass is 19.1. The van der Waals surface area contributed by atoms with Gasteiger partial charge in [0.1, 0.15) is 5.82 Å². The number of rotatable bonds is 7. The number of aryl methyl sites for hydroxylation is 1. The number of carbonyl (C=O) groups is 2. The van der Waals surface area contributed by atoms with Gasteiger partial charge in [-0.3, -0.25) is 9.59 Å². The molecule has 0 unspecified atom stereocenters. The summed E-state index contributed by atoms with van der Waals surface area (Å²) in [5.74, 6) is -0.243. The maximum absolute atomic E-state index is 13.6. The first-order valence-electron chi connectivity index (χ1n) is 7.33. The van der Waals surface area contributed by atoms with Crippen molar-refractivity contribution < 1.29 is 18.4 Å². The summed E-state index contributed by atoms with van der Waals surface area (Å²) in [6.07, 6.45) is 1.84. The van der Waals surface area contributed by atoms with Gasteiger partial charge < -0.3 is 15.1 Å². The highest BCUT2D eigenvalue weighted by Crippen LogP contribution is 2.23. The topological polar surface area (TPSA) is 84.2 Å². The molecule has 0 aliphatic heterocycles. The van der Waals surface area contributed by atoms with Crippen LogP contribution in [-0.2, 0) is 16.0 Å². The summed E-state index contributed by atoms with van der Waals surface area (Å²) >= 11 is 0. The third-order valence-electron chi connectivity index (χ3n) is 3.08. The Hall–Kier alpha value is -2.70. The van der Waals surface area contributed by atoms with Crippen LogP contribution < -0.4 is 10.6 Å². The number of nitrogens with one attached hydrogen (secondary N) is 2. The van der Waals surface area contributed by atoms with Crippen molar-refractivity contribution in [1.29, 1.82) is 0 Å². The van der Waals surface area contributed by atoms with Gasteiger partial charge in [-0.1, -0.05) is 12.1 Å². The fourth-order valence-corrected chi connectivity index (χ4v) is 1.96. The SMILES string of the molecule is CCNC(=O)CNC(=O)CCc1ncc(-c2ccccc2F)o1. The Morgan fingerprint density at radius 1 is 1.22 bits per heavy atom.